The fraction of sp³-hybridized carbons (Fsp3) is 0.467. The molecule has 0 saturated heterocycles. The number of imide groups is 1. The lowest BCUT2D eigenvalue weighted by Gasteiger charge is -2.21. The van der Waals surface area contributed by atoms with Gasteiger partial charge in [0.1, 0.15) is 5.75 Å². The largest absolute Gasteiger partial charge is 0.496 e. The van der Waals surface area contributed by atoms with Crippen LogP contribution in [0.5, 0.6) is 5.75 Å². The molecule has 1 aromatic carbocycles. The second-order valence-corrected chi connectivity index (χ2v) is 6.99. The Bertz CT molecular complexity index is 512. The topological polar surface area (TPSA) is 67.4 Å². The molecular weight excluding hydrogens is 288 g/mol. The summed E-state index contributed by atoms with van der Waals surface area (Å²) in [6.07, 6.45) is 0. The average Bonchev–Trinajstić information content (AvgIpc) is 2.36. The van der Waals surface area contributed by atoms with Crippen LogP contribution in [0.1, 0.15) is 27.7 Å². The molecule has 116 valence electrons. The molecule has 0 radical (unpaired) electrons. The third-order valence-electron chi connectivity index (χ3n) is 2.47. The second kappa shape index (κ2) is 7.36. The fourth-order valence-electron chi connectivity index (χ4n) is 1.55. The molecule has 0 spiro atoms. The van der Waals surface area contributed by atoms with Crippen LogP contribution in [0.3, 0.4) is 0 Å². The second-order valence-electron chi connectivity index (χ2n) is 5.60. The van der Waals surface area contributed by atoms with Gasteiger partial charge in [0.2, 0.25) is 5.91 Å². The summed E-state index contributed by atoms with van der Waals surface area (Å²) in [4.78, 5) is 24.5. The highest BCUT2D eigenvalue weighted by Crippen LogP contribution is 2.31. The van der Waals surface area contributed by atoms with Gasteiger partial charge in [0.25, 0.3) is 0 Å². The number of para-hydroxylation sites is 1. The van der Waals surface area contributed by atoms with E-state index in [4.69, 9.17) is 4.74 Å². The van der Waals surface area contributed by atoms with Crippen molar-refractivity contribution in [1.29, 1.82) is 0 Å². The highest BCUT2D eigenvalue weighted by Gasteiger charge is 2.20. The molecule has 0 fully saturated rings. The van der Waals surface area contributed by atoms with Gasteiger partial charge in [-0.3, -0.25) is 10.1 Å². The van der Waals surface area contributed by atoms with Crippen molar-refractivity contribution in [2.75, 3.05) is 7.11 Å². The van der Waals surface area contributed by atoms with E-state index in [-0.39, 0.29) is 11.4 Å². The van der Waals surface area contributed by atoms with Crippen LogP contribution in [0.15, 0.2) is 29.2 Å². The van der Waals surface area contributed by atoms with Crippen LogP contribution in [-0.4, -0.2) is 29.8 Å². The Morgan fingerprint density at radius 1 is 1.24 bits per heavy atom. The van der Waals surface area contributed by atoms with Crippen LogP contribution >= 0.6 is 11.8 Å². The summed E-state index contributed by atoms with van der Waals surface area (Å²) in [6.45, 7) is 7.30. The van der Waals surface area contributed by atoms with E-state index >= 15 is 0 Å². The highest BCUT2D eigenvalue weighted by molar-refractivity contribution is 8.00. The summed E-state index contributed by atoms with van der Waals surface area (Å²) in [5.74, 6) is 0.369. The van der Waals surface area contributed by atoms with Gasteiger partial charge >= 0.3 is 6.03 Å². The van der Waals surface area contributed by atoms with Crippen LogP contribution in [0.4, 0.5) is 4.79 Å². The molecular formula is C15H22N2O3S. The van der Waals surface area contributed by atoms with Crippen LogP contribution < -0.4 is 15.4 Å². The number of amides is 3. The van der Waals surface area contributed by atoms with Gasteiger partial charge in [-0.2, -0.15) is 0 Å². The van der Waals surface area contributed by atoms with E-state index in [0.717, 1.165) is 4.90 Å². The van der Waals surface area contributed by atoms with Gasteiger partial charge in [0, 0.05) is 5.54 Å². The minimum Gasteiger partial charge on any atom is -0.496 e. The van der Waals surface area contributed by atoms with Crippen LogP contribution in [0.2, 0.25) is 0 Å². The standard InChI is InChI=1S/C15H22N2O3S/c1-10(13(18)16-14(19)17-15(2,3)4)21-12-9-7-6-8-11(12)20-5/h6-10H,1-5H3,(H2,16,17,18,19)/t10-/m0/s1. The maximum atomic E-state index is 12.0. The SMILES string of the molecule is COc1ccccc1S[C@@H](C)C(=O)NC(=O)NC(C)(C)C. The maximum absolute atomic E-state index is 12.0. The molecule has 21 heavy (non-hydrogen) atoms. The first kappa shape index (κ1) is 17.4. The molecule has 0 unspecified atom stereocenters. The Hall–Kier alpha value is -1.69. The van der Waals surface area contributed by atoms with Gasteiger partial charge in [-0.15, -0.1) is 11.8 Å². The van der Waals surface area contributed by atoms with Crippen molar-refractivity contribution in [3.05, 3.63) is 24.3 Å². The molecule has 0 aromatic heterocycles. The first-order valence-electron chi connectivity index (χ1n) is 6.65. The monoisotopic (exact) mass is 310 g/mol. The van der Waals surface area contributed by atoms with E-state index in [1.165, 1.54) is 11.8 Å². The lowest BCUT2D eigenvalue weighted by atomic mass is 10.1. The van der Waals surface area contributed by atoms with Crippen LogP contribution in [0.25, 0.3) is 0 Å². The van der Waals surface area contributed by atoms with Crippen molar-refractivity contribution in [1.82, 2.24) is 10.6 Å². The first-order chi connectivity index (χ1) is 9.73. The first-order valence-corrected chi connectivity index (χ1v) is 7.53. The number of nitrogens with one attached hydrogen (secondary N) is 2. The van der Waals surface area contributed by atoms with E-state index < -0.39 is 11.3 Å². The van der Waals surface area contributed by atoms with Crippen molar-refractivity contribution < 1.29 is 14.3 Å². The smallest absolute Gasteiger partial charge is 0.321 e. The number of methoxy groups -OCH3 is 1. The third-order valence-corrected chi connectivity index (χ3v) is 3.63. The van der Waals surface area contributed by atoms with E-state index in [1.54, 1.807) is 14.0 Å². The number of thioether (sulfide) groups is 1. The van der Waals surface area contributed by atoms with E-state index in [9.17, 15) is 9.59 Å². The highest BCUT2D eigenvalue weighted by atomic mass is 32.2. The Morgan fingerprint density at radius 2 is 1.86 bits per heavy atom. The summed E-state index contributed by atoms with van der Waals surface area (Å²) in [7, 11) is 1.58. The predicted octanol–water partition coefficient (Wildman–Crippen LogP) is 2.80. The summed E-state index contributed by atoms with van der Waals surface area (Å²) in [5.41, 5.74) is -0.386. The Labute approximate surface area is 129 Å². The quantitative estimate of drug-likeness (QED) is 0.839. The molecule has 1 rings (SSSR count). The molecule has 3 amide bonds. The summed E-state index contributed by atoms with van der Waals surface area (Å²) in [6, 6.07) is 6.97. The number of benzene rings is 1. The molecule has 0 aliphatic carbocycles. The maximum Gasteiger partial charge on any atom is 0.321 e. The number of ether oxygens (including phenoxy) is 1. The molecule has 2 N–H and O–H groups in total. The van der Waals surface area contributed by atoms with Crippen molar-refractivity contribution in [3.63, 3.8) is 0 Å². The lowest BCUT2D eigenvalue weighted by molar-refractivity contribution is -0.119. The van der Waals surface area contributed by atoms with Gasteiger partial charge in [0.15, 0.2) is 0 Å². The van der Waals surface area contributed by atoms with Gasteiger partial charge in [-0.1, -0.05) is 12.1 Å². The summed E-state index contributed by atoms with van der Waals surface area (Å²) in [5, 5.41) is 4.62. The van der Waals surface area contributed by atoms with Crippen molar-refractivity contribution >= 4 is 23.7 Å². The zero-order chi connectivity index (χ0) is 16.0. The van der Waals surface area contributed by atoms with Gasteiger partial charge in [-0.05, 0) is 39.8 Å². The van der Waals surface area contributed by atoms with E-state index in [2.05, 4.69) is 10.6 Å². The molecule has 1 atom stereocenters. The summed E-state index contributed by atoms with van der Waals surface area (Å²) < 4.78 is 5.24. The van der Waals surface area contributed by atoms with E-state index in [0.29, 0.717) is 5.75 Å². The molecule has 0 aliphatic heterocycles. The number of rotatable bonds is 4. The van der Waals surface area contributed by atoms with Gasteiger partial charge < -0.3 is 10.1 Å². The zero-order valence-corrected chi connectivity index (χ0v) is 13.8. The van der Waals surface area contributed by atoms with Crippen LogP contribution in [0, 0.1) is 0 Å². The number of urea groups is 1. The third kappa shape index (κ3) is 6.08. The zero-order valence-electron chi connectivity index (χ0n) is 13.0. The number of hydrogen-bond donors (Lipinski definition) is 2. The Morgan fingerprint density at radius 3 is 2.43 bits per heavy atom. The van der Waals surface area contributed by atoms with Gasteiger partial charge in [-0.25, -0.2) is 4.79 Å². The lowest BCUT2D eigenvalue weighted by Crippen LogP contribution is -2.49. The minimum atomic E-state index is -0.486. The molecule has 0 aliphatic rings. The van der Waals surface area contributed by atoms with Crippen molar-refractivity contribution in [2.45, 2.75) is 43.4 Å². The molecule has 5 nitrogen and oxygen atoms in total. The normalized spacial score (nSPS) is 12.4. The van der Waals surface area contributed by atoms with Gasteiger partial charge in [0.05, 0.1) is 17.3 Å². The van der Waals surface area contributed by atoms with Crippen molar-refractivity contribution in [2.24, 2.45) is 0 Å². The summed E-state index contributed by atoms with van der Waals surface area (Å²) >= 11 is 1.35. The molecule has 6 heteroatoms. The van der Waals surface area contributed by atoms with Crippen LogP contribution in [-0.2, 0) is 4.79 Å². The predicted molar refractivity (Wildman–Crippen MR) is 84.7 cm³/mol. The minimum absolute atomic E-state index is 0.340. The molecule has 0 bridgehead atoms. The molecule has 1 aromatic rings. The average molecular weight is 310 g/mol. The van der Waals surface area contributed by atoms with Crippen molar-refractivity contribution in [3.8, 4) is 5.75 Å². The molecule has 0 heterocycles. The fourth-order valence-corrected chi connectivity index (χ4v) is 2.52. The number of carbonyl (C=O) groups is 2. The molecule has 0 saturated carbocycles. The number of carbonyl (C=O) groups excluding carboxylic acids is 2. The van der Waals surface area contributed by atoms with E-state index in [1.807, 2.05) is 45.0 Å². The number of hydrogen-bond acceptors (Lipinski definition) is 4. The Kier molecular flexibility index (Phi) is 6.08. The Balaban J connectivity index is 2.61.